The molecule has 1 aliphatic rings. The summed E-state index contributed by atoms with van der Waals surface area (Å²) < 4.78 is 0. The molecule has 0 atom stereocenters. The highest BCUT2D eigenvalue weighted by atomic mass is 16.3. The topological polar surface area (TPSA) is 41.5 Å². The van der Waals surface area contributed by atoms with Crippen molar-refractivity contribution in [1.29, 1.82) is 0 Å². The molecule has 0 fully saturated rings. The van der Waals surface area contributed by atoms with E-state index in [0.717, 1.165) is 18.7 Å². The molecule has 0 bridgehead atoms. The number of hydrogen-bond donors (Lipinski definition) is 1. The second-order valence-electron chi connectivity index (χ2n) is 4.38. The third kappa shape index (κ3) is 1.39. The molecule has 0 amide bonds. The van der Waals surface area contributed by atoms with Gasteiger partial charge in [0.1, 0.15) is 5.69 Å². The highest BCUT2D eigenvalue weighted by Gasteiger charge is 2.27. The second kappa shape index (κ2) is 3.08. The fourth-order valence-corrected chi connectivity index (χ4v) is 1.97. The van der Waals surface area contributed by atoms with Gasteiger partial charge in [-0.1, -0.05) is 19.9 Å². The number of fused-ring (bicyclic) bond motifs is 1. The quantitative estimate of drug-likeness (QED) is 0.691. The molecule has 0 unspecified atom stereocenters. The highest BCUT2D eigenvalue weighted by Crippen LogP contribution is 2.38. The normalized spacial score (nSPS) is 18.1. The van der Waals surface area contributed by atoms with Crippen LogP contribution in [0.1, 0.15) is 25.8 Å². The zero-order valence-corrected chi connectivity index (χ0v) is 8.50. The van der Waals surface area contributed by atoms with Gasteiger partial charge in [0.05, 0.1) is 0 Å². The average Bonchev–Trinajstić information content (AvgIpc) is 2.16. The van der Waals surface area contributed by atoms with Crippen molar-refractivity contribution >= 4 is 11.4 Å². The van der Waals surface area contributed by atoms with Crippen LogP contribution < -0.4 is 5.32 Å². The molecule has 1 aromatic carbocycles. The van der Waals surface area contributed by atoms with Crippen LogP contribution in [0, 0.1) is 4.91 Å². The minimum atomic E-state index is 0.196. The van der Waals surface area contributed by atoms with Crippen LogP contribution >= 0.6 is 0 Å². The first kappa shape index (κ1) is 9.19. The fraction of sp³-hybridized carbons (Fsp3) is 0.455. The van der Waals surface area contributed by atoms with Crippen molar-refractivity contribution in [3.63, 3.8) is 0 Å². The first-order valence-electron chi connectivity index (χ1n) is 4.85. The van der Waals surface area contributed by atoms with Crippen molar-refractivity contribution in [2.75, 3.05) is 11.9 Å². The maximum atomic E-state index is 10.4. The van der Waals surface area contributed by atoms with E-state index < -0.39 is 0 Å². The Morgan fingerprint density at radius 1 is 1.43 bits per heavy atom. The monoisotopic (exact) mass is 190 g/mol. The van der Waals surface area contributed by atoms with Crippen LogP contribution in [0.4, 0.5) is 11.4 Å². The minimum Gasteiger partial charge on any atom is -0.385 e. The molecular formula is C11H14N2O. The van der Waals surface area contributed by atoms with Crippen LogP contribution in [0.5, 0.6) is 0 Å². The van der Waals surface area contributed by atoms with Gasteiger partial charge in [-0.3, -0.25) is 0 Å². The zero-order valence-electron chi connectivity index (χ0n) is 8.50. The summed E-state index contributed by atoms with van der Waals surface area (Å²) in [5.41, 5.74) is 3.02. The number of rotatable bonds is 1. The maximum Gasteiger partial charge on any atom is 0.110 e. The fourth-order valence-electron chi connectivity index (χ4n) is 1.97. The van der Waals surface area contributed by atoms with E-state index in [0.29, 0.717) is 5.69 Å². The first-order valence-corrected chi connectivity index (χ1v) is 4.85. The molecular weight excluding hydrogens is 176 g/mol. The summed E-state index contributed by atoms with van der Waals surface area (Å²) >= 11 is 0. The SMILES string of the molecule is CC1(C)CCNc2cc(N=O)ccc21. The van der Waals surface area contributed by atoms with Gasteiger partial charge in [0.15, 0.2) is 0 Å². The van der Waals surface area contributed by atoms with Crippen LogP contribution in [0.3, 0.4) is 0 Å². The minimum absolute atomic E-state index is 0.196. The van der Waals surface area contributed by atoms with E-state index in [-0.39, 0.29) is 5.41 Å². The van der Waals surface area contributed by atoms with E-state index in [2.05, 4.69) is 24.3 Å². The number of benzene rings is 1. The molecule has 3 nitrogen and oxygen atoms in total. The summed E-state index contributed by atoms with van der Waals surface area (Å²) in [6.45, 7) is 5.41. The molecule has 2 rings (SSSR count). The lowest BCUT2D eigenvalue weighted by molar-refractivity contribution is 0.482. The van der Waals surface area contributed by atoms with Gasteiger partial charge in [-0.2, -0.15) is 0 Å². The third-order valence-corrected chi connectivity index (χ3v) is 2.90. The maximum absolute atomic E-state index is 10.4. The summed E-state index contributed by atoms with van der Waals surface area (Å²) in [6, 6.07) is 5.60. The van der Waals surface area contributed by atoms with Crippen molar-refractivity contribution in [2.45, 2.75) is 25.7 Å². The third-order valence-electron chi connectivity index (χ3n) is 2.90. The molecule has 0 aliphatic carbocycles. The van der Waals surface area contributed by atoms with Gasteiger partial charge in [0.2, 0.25) is 0 Å². The predicted octanol–water partition coefficient (Wildman–Crippen LogP) is 3.18. The number of nitrogens with one attached hydrogen (secondary N) is 1. The van der Waals surface area contributed by atoms with Crippen molar-refractivity contribution in [2.24, 2.45) is 5.18 Å². The van der Waals surface area contributed by atoms with Crippen LogP contribution in [0.25, 0.3) is 0 Å². The molecule has 0 saturated heterocycles. The molecule has 0 spiro atoms. The number of hydrogen-bond acceptors (Lipinski definition) is 3. The summed E-state index contributed by atoms with van der Waals surface area (Å²) in [5.74, 6) is 0. The molecule has 1 aliphatic heterocycles. The predicted molar refractivity (Wildman–Crippen MR) is 58.0 cm³/mol. The molecule has 3 heteroatoms. The Morgan fingerprint density at radius 2 is 2.21 bits per heavy atom. The van der Waals surface area contributed by atoms with E-state index in [1.54, 1.807) is 6.07 Å². The largest absolute Gasteiger partial charge is 0.385 e. The van der Waals surface area contributed by atoms with Gasteiger partial charge in [-0.25, -0.2) is 0 Å². The van der Waals surface area contributed by atoms with E-state index in [9.17, 15) is 4.91 Å². The Kier molecular flexibility index (Phi) is 2.02. The van der Waals surface area contributed by atoms with E-state index >= 15 is 0 Å². The average molecular weight is 190 g/mol. The van der Waals surface area contributed by atoms with E-state index in [4.69, 9.17) is 0 Å². The first-order chi connectivity index (χ1) is 6.63. The summed E-state index contributed by atoms with van der Waals surface area (Å²) in [5, 5.41) is 6.23. The lowest BCUT2D eigenvalue weighted by Crippen LogP contribution is -2.27. The van der Waals surface area contributed by atoms with Gasteiger partial charge < -0.3 is 5.32 Å². The van der Waals surface area contributed by atoms with Gasteiger partial charge >= 0.3 is 0 Å². The highest BCUT2D eigenvalue weighted by molar-refractivity contribution is 5.62. The number of anilines is 1. The van der Waals surface area contributed by atoms with E-state index in [1.165, 1.54) is 5.56 Å². The Labute approximate surface area is 83.5 Å². The van der Waals surface area contributed by atoms with Gasteiger partial charge in [-0.15, -0.1) is 4.91 Å². The van der Waals surface area contributed by atoms with Crippen LogP contribution in [0.15, 0.2) is 23.4 Å². The van der Waals surface area contributed by atoms with Crippen LogP contribution in [-0.2, 0) is 5.41 Å². The summed E-state index contributed by atoms with van der Waals surface area (Å²) in [4.78, 5) is 10.4. The summed E-state index contributed by atoms with van der Waals surface area (Å²) in [6.07, 6.45) is 1.12. The lowest BCUT2D eigenvalue weighted by Gasteiger charge is -2.33. The van der Waals surface area contributed by atoms with Crippen LogP contribution in [0.2, 0.25) is 0 Å². The molecule has 1 N–H and O–H groups in total. The molecule has 0 aromatic heterocycles. The Morgan fingerprint density at radius 3 is 2.93 bits per heavy atom. The van der Waals surface area contributed by atoms with Crippen molar-refractivity contribution in [3.8, 4) is 0 Å². The molecule has 0 radical (unpaired) electrons. The molecule has 74 valence electrons. The Balaban J connectivity index is 2.51. The molecule has 0 saturated carbocycles. The molecule has 1 aromatic rings. The van der Waals surface area contributed by atoms with Gasteiger partial charge in [-0.05, 0) is 34.7 Å². The Hall–Kier alpha value is -1.38. The number of nitrogens with zero attached hydrogens (tertiary/aromatic N) is 1. The van der Waals surface area contributed by atoms with Crippen molar-refractivity contribution in [1.82, 2.24) is 0 Å². The van der Waals surface area contributed by atoms with E-state index in [1.807, 2.05) is 12.1 Å². The van der Waals surface area contributed by atoms with Crippen LogP contribution in [-0.4, -0.2) is 6.54 Å². The van der Waals surface area contributed by atoms with Gasteiger partial charge in [0.25, 0.3) is 0 Å². The standard InChI is InChI=1S/C11H14N2O/c1-11(2)5-6-12-10-7-8(13-14)3-4-9(10)11/h3-4,7,12H,5-6H2,1-2H3. The second-order valence-corrected chi connectivity index (χ2v) is 4.38. The lowest BCUT2D eigenvalue weighted by atomic mass is 9.78. The Bertz CT molecular complexity index is 372. The number of nitroso groups, excluding NO2 is 1. The zero-order chi connectivity index (χ0) is 10.2. The van der Waals surface area contributed by atoms with Crippen molar-refractivity contribution < 1.29 is 0 Å². The van der Waals surface area contributed by atoms with Crippen molar-refractivity contribution in [3.05, 3.63) is 28.7 Å². The summed E-state index contributed by atoms with van der Waals surface area (Å²) in [7, 11) is 0. The smallest absolute Gasteiger partial charge is 0.110 e. The molecule has 1 heterocycles. The van der Waals surface area contributed by atoms with Gasteiger partial charge in [0, 0.05) is 12.2 Å². The molecule has 14 heavy (non-hydrogen) atoms.